The van der Waals surface area contributed by atoms with Crippen LogP contribution < -0.4 is 21.2 Å². The largest absolute Gasteiger partial charge is 0.483 e. The number of halogens is 1. The van der Waals surface area contributed by atoms with E-state index in [2.05, 4.69) is 15.8 Å². The van der Waals surface area contributed by atoms with Gasteiger partial charge in [-0.3, -0.25) is 14.4 Å². The number of amides is 3. The van der Waals surface area contributed by atoms with Crippen molar-refractivity contribution >= 4 is 35.5 Å². The first kappa shape index (κ1) is 20.9. The Hall–Kier alpha value is -3.39. The number of carbonyl (C=O) groups is 3. The number of primary amides is 1. The summed E-state index contributed by atoms with van der Waals surface area (Å²) in [5, 5.41) is 6.70. The quantitative estimate of drug-likeness (QED) is 0.369. The maximum Gasteiger partial charge on any atom is 0.329 e. The van der Waals surface area contributed by atoms with Gasteiger partial charge in [0.05, 0.1) is 12.3 Å². The van der Waals surface area contributed by atoms with Gasteiger partial charge in [0.15, 0.2) is 6.61 Å². The van der Waals surface area contributed by atoms with Crippen LogP contribution in [0.1, 0.15) is 24.1 Å². The highest BCUT2D eigenvalue weighted by Gasteiger charge is 2.16. The second-order valence-corrected chi connectivity index (χ2v) is 6.18. The van der Waals surface area contributed by atoms with Gasteiger partial charge in [-0.15, -0.1) is 0 Å². The summed E-state index contributed by atoms with van der Waals surface area (Å²) in [6.45, 7) is 1.44. The molecule has 9 heteroatoms. The van der Waals surface area contributed by atoms with E-state index in [4.69, 9.17) is 22.1 Å². The molecule has 0 fully saturated rings. The number of nitrogens with one attached hydrogen (secondary N) is 2. The fraction of sp³-hybridized carbons (Fsp3) is 0.158. The van der Waals surface area contributed by atoms with E-state index >= 15 is 0 Å². The molecule has 8 nitrogen and oxygen atoms in total. The van der Waals surface area contributed by atoms with Crippen molar-refractivity contribution in [2.24, 2.45) is 10.8 Å². The third kappa shape index (κ3) is 6.40. The molecular weight excluding hydrogens is 384 g/mol. The lowest BCUT2D eigenvalue weighted by Crippen LogP contribution is -2.39. The van der Waals surface area contributed by atoms with Gasteiger partial charge in [-0.05, 0) is 30.7 Å². The SMILES string of the molecule is C[C@@H](NC(=O)C(=O)N/N=C\c1cc(Cl)ccc1OCC(N)=O)c1ccccc1. The first-order valence-corrected chi connectivity index (χ1v) is 8.64. The summed E-state index contributed by atoms with van der Waals surface area (Å²) in [6, 6.07) is 13.5. The molecule has 0 aliphatic carbocycles. The maximum absolute atomic E-state index is 12.0. The highest BCUT2D eigenvalue weighted by molar-refractivity contribution is 6.35. The van der Waals surface area contributed by atoms with Crippen LogP contribution >= 0.6 is 11.6 Å². The monoisotopic (exact) mass is 402 g/mol. The molecule has 1 atom stereocenters. The first-order chi connectivity index (χ1) is 13.4. The Labute approximate surface area is 166 Å². The first-order valence-electron chi connectivity index (χ1n) is 8.26. The third-order valence-electron chi connectivity index (χ3n) is 3.56. The molecule has 0 aromatic heterocycles. The van der Waals surface area contributed by atoms with E-state index in [1.54, 1.807) is 13.0 Å². The molecule has 0 heterocycles. The maximum atomic E-state index is 12.0. The number of nitrogens with two attached hydrogens (primary N) is 1. The number of hydrogen-bond acceptors (Lipinski definition) is 5. The standard InChI is InChI=1S/C19H19ClN4O4/c1-12(13-5-3-2-4-6-13)23-18(26)19(27)24-22-10-14-9-15(20)7-8-16(14)28-11-17(21)25/h2-10,12H,11H2,1H3,(H2,21,25)(H,23,26)(H,24,27)/b22-10-/t12-/m1/s1. The lowest BCUT2D eigenvalue weighted by Gasteiger charge is -2.13. The van der Waals surface area contributed by atoms with Gasteiger partial charge in [0, 0.05) is 10.6 Å². The number of carbonyl (C=O) groups excluding carboxylic acids is 3. The molecule has 146 valence electrons. The lowest BCUT2D eigenvalue weighted by molar-refractivity contribution is -0.139. The van der Waals surface area contributed by atoms with E-state index in [-0.39, 0.29) is 12.6 Å². The summed E-state index contributed by atoms with van der Waals surface area (Å²) < 4.78 is 5.24. The summed E-state index contributed by atoms with van der Waals surface area (Å²) >= 11 is 5.93. The van der Waals surface area contributed by atoms with Gasteiger partial charge in [-0.1, -0.05) is 41.9 Å². The van der Waals surface area contributed by atoms with Gasteiger partial charge < -0.3 is 15.8 Å². The molecule has 0 spiro atoms. The molecule has 4 N–H and O–H groups in total. The van der Waals surface area contributed by atoms with E-state index in [0.717, 1.165) is 5.56 Å². The molecule has 28 heavy (non-hydrogen) atoms. The van der Waals surface area contributed by atoms with Crippen LogP contribution in [0.5, 0.6) is 5.75 Å². The minimum atomic E-state index is -0.930. The molecule has 0 aliphatic heterocycles. The topological polar surface area (TPSA) is 123 Å². The van der Waals surface area contributed by atoms with Gasteiger partial charge >= 0.3 is 11.8 Å². The van der Waals surface area contributed by atoms with E-state index in [0.29, 0.717) is 16.3 Å². The number of ether oxygens (including phenoxy) is 1. The Morgan fingerprint density at radius 1 is 1.18 bits per heavy atom. The summed E-state index contributed by atoms with van der Waals surface area (Å²) in [7, 11) is 0. The lowest BCUT2D eigenvalue weighted by atomic mass is 10.1. The van der Waals surface area contributed by atoms with Gasteiger partial charge in [-0.2, -0.15) is 5.10 Å². The second kappa shape index (κ2) is 10.1. The van der Waals surface area contributed by atoms with Gasteiger partial charge in [0.25, 0.3) is 5.91 Å². The molecule has 0 bridgehead atoms. The fourth-order valence-corrected chi connectivity index (χ4v) is 2.38. The molecule has 0 saturated carbocycles. The average Bonchev–Trinajstić information content (AvgIpc) is 2.67. The molecular formula is C19H19ClN4O4. The van der Waals surface area contributed by atoms with E-state index in [1.165, 1.54) is 18.3 Å². The van der Waals surface area contributed by atoms with Crippen LogP contribution in [-0.2, 0) is 14.4 Å². The number of hydrogen-bond donors (Lipinski definition) is 3. The van der Waals surface area contributed by atoms with Crippen molar-refractivity contribution in [3.8, 4) is 5.75 Å². The molecule has 3 amide bonds. The smallest absolute Gasteiger partial charge is 0.329 e. The fourth-order valence-electron chi connectivity index (χ4n) is 2.20. The van der Waals surface area contributed by atoms with Crippen LogP contribution in [0.3, 0.4) is 0 Å². The summed E-state index contributed by atoms with van der Waals surface area (Å²) in [4.78, 5) is 34.7. The van der Waals surface area contributed by atoms with Crippen LogP contribution in [-0.4, -0.2) is 30.5 Å². The summed E-state index contributed by atoms with van der Waals surface area (Å²) in [6.07, 6.45) is 1.24. The second-order valence-electron chi connectivity index (χ2n) is 5.74. The molecule has 2 aromatic rings. The van der Waals surface area contributed by atoms with Crippen molar-refractivity contribution < 1.29 is 19.1 Å². The molecule has 2 rings (SSSR count). The molecule has 0 unspecified atom stereocenters. The number of benzene rings is 2. The van der Waals surface area contributed by atoms with Crippen LogP contribution in [0.15, 0.2) is 53.6 Å². The normalized spacial score (nSPS) is 11.6. The van der Waals surface area contributed by atoms with E-state index < -0.39 is 17.7 Å². The zero-order chi connectivity index (χ0) is 20.5. The summed E-state index contributed by atoms with van der Waals surface area (Å²) in [5.74, 6) is -2.11. The highest BCUT2D eigenvalue weighted by atomic mass is 35.5. The predicted molar refractivity (Wildman–Crippen MR) is 105 cm³/mol. The Morgan fingerprint density at radius 3 is 2.57 bits per heavy atom. The average molecular weight is 403 g/mol. The van der Waals surface area contributed by atoms with Crippen LogP contribution in [0.4, 0.5) is 0 Å². The summed E-state index contributed by atoms with van der Waals surface area (Å²) in [5.41, 5.74) is 8.44. The predicted octanol–water partition coefficient (Wildman–Crippen LogP) is 1.53. The molecule has 0 aliphatic rings. The van der Waals surface area contributed by atoms with Crippen LogP contribution in [0.2, 0.25) is 5.02 Å². The molecule has 0 radical (unpaired) electrons. The van der Waals surface area contributed by atoms with Crippen molar-refractivity contribution in [3.63, 3.8) is 0 Å². The Bertz CT molecular complexity index is 887. The number of nitrogens with zero attached hydrogens (tertiary/aromatic N) is 1. The zero-order valence-electron chi connectivity index (χ0n) is 15.0. The van der Waals surface area contributed by atoms with Crippen molar-refractivity contribution in [2.75, 3.05) is 6.61 Å². The van der Waals surface area contributed by atoms with E-state index in [9.17, 15) is 14.4 Å². The highest BCUT2D eigenvalue weighted by Crippen LogP contribution is 2.21. The van der Waals surface area contributed by atoms with Gasteiger partial charge in [-0.25, -0.2) is 5.43 Å². The Kier molecular flexibility index (Phi) is 7.53. The number of hydrazone groups is 1. The van der Waals surface area contributed by atoms with Crippen molar-refractivity contribution in [1.29, 1.82) is 0 Å². The molecule has 2 aromatic carbocycles. The van der Waals surface area contributed by atoms with Gasteiger partial charge in [0.1, 0.15) is 5.75 Å². The Balaban J connectivity index is 1.96. The van der Waals surface area contributed by atoms with Gasteiger partial charge in [0.2, 0.25) is 0 Å². The molecule has 0 saturated heterocycles. The minimum Gasteiger partial charge on any atom is -0.483 e. The van der Waals surface area contributed by atoms with Crippen LogP contribution in [0.25, 0.3) is 0 Å². The minimum absolute atomic E-state index is 0.295. The van der Waals surface area contributed by atoms with E-state index in [1.807, 2.05) is 30.3 Å². The third-order valence-corrected chi connectivity index (χ3v) is 3.80. The van der Waals surface area contributed by atoms with Crippen molar-refractivity contribution in [2.45, 2.75) is 13.0 Å². The van der Waals surface area contributed by atoms with Crippen LogP contribution in [0, 0.1) is 0 Å². The van der Waals surface area contributed by atoms with Crippen molar-refractivity contribution in [1.82, 2.24) is 10.7 Å². The number of rotatable bonds is 7. The van der Waals surface area contributed by atoms with Crippen molar-refractivity contribution in [3.05, 3.63) is 64.7 Å². The zero-order valence-corrected chi connectivity index (χ0v) is 15.8. The Morgan fingerprint density at radius 2 is 1.89 bits per heavy atom.